The van der Waals surface area contributed by atoms with Gasteiger partial charge in [-0.25, -0.2) is 0 Å². The lowest BCUT2D eigenvalue weighted by Gasteiger charge is -2.00. The minimum atomic E-state index is 0.785. The molecule has 0 bridgehead atoms. The Morgan fingerprint density at radius 2 is 1.07 bits per heavy atom. The smallest absolute Gasteiger partial charge is 0.0416 e. The van der Waals surface area contributed by atoms with Crippen LogP contribution in [0.1, 0.15) is 35.5 Å². The summed E-state index contributed by atoms with van der Waals surface area (Å²) in [7, 11) is 0. The Balaban J connectivity index is 1.77. The first kappa shape index (κ1) is 9.17. The van der Waals surface area contributed by atoms with Crippen LogP contribution in [-0.2, 0) is 0 Å². The first-order chi connectivity index (χ1) is 6.75. The lowest BCUT2D eigenvalue weighted by atomic mass is 10.1. The topological polar surface area (TPSA) is 0 Å². The quantitative estimate of drug-likeness (QED) is 0.693. The van der Waals surface area contributed by atoms with E-state index in [9.17, 15) is 0 Å². The number of hydrogen-bond donors (Lipinski definition) is 0. The Bertz CT molecular complexity index is 309. The third kappa shape index (κ3) is 1.59. The molecule has 2 fully saturated rings. The van der Waals surface area contributed by atoms with E-state index in [-0.39, 0.29) is 0 Å². The Labute approximate surface area is 93.9 Å². The summed E-state index contributed by atoms with van der Waals surface area (Å²) >= 11 is 4.14. The second-order valence-electron chi connectivity index (χ2n) is 4.19. The standard InChI is InChI=1S/C12H14S2/c1-7-11(13-7)9-3-5-10(6-4-9)12-8(2)14-12/h3-8,11-12H,1-2H3. The molecule has 0 amide bonds. The van der Waals surface area contributed by atoms with Gasteiger partial charge >= 0.3 is 0 Å². The zero-order valence-corrected chi connectivity index (χ0v) is 10.1. The number of benzene rings is 1. The summed E-state index contributed by atoms with van der Waals surface area (Å²) < 4.78 is 0. The summed E-state index contributed by atoms with van der Waals surface area (Å²) in [5.74, 6) is 0. The molecule has 2 aliphatic rings. The molecule has 0 saturated carbocycles. The lowest BCUT2D eigenvalue weighted by molar-refractivity contribution is 1.01. The normalized spacial score (nSPS) is 39.6. The first-order valence-electron chi connectivity index (χ1n) is 5.16. The van der Waals surface area contributed by atoms with Crippen LogP contribution in [0.5, 0.6) is 0 Å². The summed E-state index contributed by atoms with van der Waals surface area (Å²) in [6.07, 6.45) is 0. The third-order valence-corrected chi connectivity index (χ3v) is 5.74. The molecule has 2 saturated heterocycles. The average molecular weight is 222 g/mol. The van der Waals surface area contributed by atoms with Crippen LogP contribution >= 0.6 is 23.5 Å². The monoisotopic (exact) mass is 222 g/mol. The Hall–Kier alpha value is -0.0800. The van der Waals surface area contributed by atoms with Crippen molar-refractivity contribution in [1.29, 1.82) is 0 Å². The van der Waals surface area contributed by atoms with Gasteiger partial charge in [0.15, 0.2) is 0 Å². The van der Waals surface area contributed by atoms with E-state index in [1.807, 2.05) is 0 Å². The highest BCUT2D eigenvalue weighted by atomic mass is 32.2. The van der Waals surface area contributed by atoms with Crippen molar-refractivity contribution in [1.82, 2.24) is 0 Å². The molecular weight excluding hydrogens is 208 g/mol. The van der Waals surface area contributed by atoms with Crippen molar-refractivity contribution in [3.05, 3.63) is 35.4 Å². The Morgan fingerprint density at radius 3 is 1.29 bits per heavy atom. The maximum atomic E-state index is 2.32. The van der Waals surface area contributed by atoms with Gasteiger partial charge < -0.3 is 0 Å². The van der Waals surface area contributed by atoms with Crippen molar-refractivity contribution in [3.8, 4) is 0 Å². The fraction of sp³-hybridized carbons (Fsp3) is 0.500. The van der Waals surface area contributed by atoms with Crippen molar-refractivity contribution < 1.29 is 0 Å². The molecule has 2 heterocycles. The molecule has 74 valence electrons. The molecule has 0 spiro atoms. The first-order valence-corrected chi connectivity index (χ1v) is 7.05. The van der Waals surface area contributed by atoms with Gasteiger partial charge in [0.2, 0.25) is 0 Å². The van der Waals surface area contributed by atoms with Crippen molar-refractivity contribution >= 4 is 23.5 Å². The Kier molecular flexibility index (Phi) is 2.10. The van der Waals surface area contributed by atoms with E-state index in [1.165, 1.54) is 11.1 Å². The van der Waals surface area contributed by atoms with Gasteiger partial charge in [-0.05, 0) is 11.1 Å². The third-order valence-electron chi connectivity index (χ3n) is 3.02. The minimum absolute atomic E-state index is 0.785. The molecule has 1 aromatic rings. The second-order valence-corrected chi connectivity index (χ2v) is 7.24. The average Bonchev–Trinajstić information content (AvgIpc) is 3.06. The van der Waals surface area contributed by atoms with E-state index >= 15 is 0 Å². The number of rotatable bonds is 2. The molecule has 0 N–H and O–H groups in total. The molecule has 0 aromatic heterocycles. The molecule has 0 aliphatic carbocycles. The molecule has 1 aromatic carbocycles. The van der Waals surface area contributed by atoms with Crippen LogP contribution < -0.4 is 0 Å². The molecule has 2 aliphatic heterocycles. The van der Waals surface area contributed by atoms with Crippen LogP contribution in [0.3, 0.4) is 0 Å². The van der Waals surface area contributed by atoms with Crippen LogP contribution in [0, 0.1) is 0 Å². The van der Waals surface area contributed by atoms with Crippen molar-refractivity contribution in [3.63, 3.8) is 0 Å². The van der Waals surface area contributed by atoms with Gasteiger partial charge in [0.1, 0.15) is 0 Å². The maximum Gasteiger partial charge on any atom is 0.0416 e. The molecular formula is C12H14S2. The summed E-state index contributed by atoms with van der Waals surface area (Å²) in [4.78, 5) is 0. The molecule has 0 nitrogen and oxygen atoms in total. The zero-order chi connectivity index (χ0) is 9.71. The summed E-state index contributed by atoms with van der Waals surface area (Å²) in [6, 6.07) is 9.29. The van der Waals surface area contributed by atoms with Gasteiger partial charge in [-0.1, -0.05) is 38.1 Å². The van der Waals surface area contributed by atoms with E-state index in [4.69, 9.17) is 0 Å². The van der Waals surface area contributed by atoms with E-state index in [1.54, 1.807) is 0 Å². The van der Waals surface area contributed by atoms with Gasteiger partial charge in [0, 0.05) is 21.0 Å². The predicted molar refractivity (Wildman–Crippen MR) is 66.0 cm³/mol. The van der Waals surface area contributed by atoms with Gasteiger partial charge in [-0.15, -0.1) is 23.5 Å². The van der Waals surface area contributed by atoms with Gasteiger partial charge in [-0.3, -0.25) is 0 Å². The minimum Gasteiger partial charge on any atom is -0.148 e. The highest BCUT2D eigenvalue weighted by Gasteiger charge is 2.37. The van der Waals surface area contributed by atoms with Crippen LogP contribution in [0.2, 0.25) is 0 Å². The number of thioether (sulfide) groups is 2. The summed E-state index contributed by atoms with van der Waals surface area (Å²) in [5.41, 5.74) is 3.04. The molecule has 14 heavy (non-hydrogen) atoms. The molecule has 4 atom stereocenters. The number of hydrogen-bond acceptors (Lipinski definition) is 2. The van der Waals surface area contributed by atoms with Crippen LogP contribution in [0.15, 0.2) is 24.3 Å². The van der Waals surface area contributed by atoms with E-state index in [0.717, 1.165) is 21.0 Å². The molecule has 3 rings (SSSR count). The van der Waals surface area contributed by atoms with Crippen molar-refractivity contribution in [2.45, 2.75) is 34.8 Å². The largest absolute Gasteiger partial charge is 0.148 e. The van der Waals surface area contributed by atoms with Crippen molar-refractivity contribution in [2.24, 2.45) is 0 Å². The second kappa shape index (κ2) is 3.21. The van der Waals surface area contributed by atoms with Crippen LogP contribution in [0.25, 0.3) is 0 Å². The predicted octanol–water partition coefficient (Wildman–Crippen LogP) is 4.04. The SMILES string of the molecule is CC1SC1c1ccc(C2SC2C)cc1. The molecule has 4 unspecified atom stereocenters. The molecule has 2 heteroatoms. The Morgan fingerprint density at radius 1 is 0.786 bits per heavy atom. The van der Waals surface area contributed by atoms with E-state index < -0.39 is 0 Å². The van der Waals surface area contributed by atoms with E-state index in [0.29, 0.717) is 0 Å². The zero-order valence-electron chi connectivity index (χ0n) is 8.44. The van der Waals surface area contributed by atoms with Crippen LogP contribution in [0.4, 0.5) is 0 Å². The summed E-state index contributed by atoms with van der Waals surface area (Å²) in [5, 5.41) is 3.26. The highest BCUT2D eigenvalue weighted by molar-refractivity contribution is 8.07. The lowest BCUT2D eigenvalue weighted by Crippen LogP contribution is -1.86. The van der Waals surface area contributed by atoms with Crippen molar-refractivity contribution in [2.75, 3.05) is 0 Å². The fourth-order valence-corrected chi connectivity index (χ4v) is 3.63. The summed E-state index contributed by atoms with van der Waals surface area (Å²) in [6.45, 7) is 4.62. The maximum absolute atomic E-state index is 2.32. The van der Waals surface area contributed by atoms with E-state index in [2.05, 4.69) is 61.6 Å². The van der Waals surface area contributed by atoms with Gasteiger partial charge in [0.25, 0.3) is 0 Å². The van der Waals surface area contributed by atoms with Gasteiger partial charge in [0.05, 0.1) is 0 Å². The van der Waals surface area contributed by atoms with Crippen LogP contribution in [-0.4, -0.2) is 10.5 Å². The highest BCUT2D eigenvalue weighted by Crippen LogP contribution is 2.56. The van der Waals surface area contributed by atoms with Gasteiger partial charge in [-0.2, -0.15) is 0 Å². The fourth-order valence-electron chi connectivity index (χ4n) is 1.95. The molecule has 0 radical (unpaired) electrons.